The number of hydrogen-bond donors (Lipinski definition) is 5. The predicted molar refractivity (Wildman–Crippen MR) is 155 cm³/mol. The molecule has 15 heteroatoms. The third-order valence-corrected chi connectivity index (χ3v) is 7.96. The molecule has 3 rings (SSSR count). The highest BCUT2D eigenvalue weighted by atomic mass is 31.2. The first-order valence-corrected chi connectivity index (χ1v) is 15.9. The van der Waals surface area contributed by atoms with Crippen molar-refractivity contribution in [2.24, 2.45) is 17.6 Å². The van der Waals surface area contributed by atoms with E-state index in [1.807, 2.05) is 13.8 Å². The zero-order valence-corrected chi connectivity index (χ0v) is 25.6. The second kappa shape index (κ2) is 14.8. The van der Waals surface area contributed by atoms with E-state index < -0.39 is 43.7 Å². The summed E-state index contributed by atoms with van der Waals surface area (Å²) in [4.78, 5) is 85.2. The van der Waals surface area contributed by atoms with Gasteiger partial charge in [-0.05, 0) is 55.2 Å². The van der Waals surface area contributed by atoms with E-state index in [1.165, 1.54) is 36.1 Å². The zero-order valence-electron chi connectivity index (χ0n) is 24.7. The molecule has 0 aliphatic carbocycles. The third-order valence-electron chi connectivity index (χ3n) is 7.51. The minimum absolute atomic E-state index is 0.000463. The Balaban J connectivity index is 1.72. The number of nitrogens with two attached hydrogens (primary N) is 1. The Hall–Kier alpha value is -3.48. The molecule has 1 unspecified atom stereocenters. The number of nitrogens with zero attached hydrogens (tertiary/aromatic N) is 2. The van der Waals surface area contributed by atoms with Gasteiger partial charge in [0.25, 0.3) is 0 Å². The van der Waals surface area contributed by atoms with Gasteiger partial charge in [0.1, 0.15) is 23.9 Å². The SMILES string of the molecule is CC(=O)N[C@@H](Cc1ccc(OP(=O)(O)O)cc1)C(=O)N[C@@H](CC(C)C)C(=O)N1CCC[C@H]1C(=O)N1CCC(CC(N)=O)C1. The summed E-state index contributed by atoms with van der Waals surface area (Å²) in [6.07, 6.45) is 2.37. The Bertz CT molecular complexity index is 1240. The van der Waals surface area contributed by atoms with Gasteiger partial charge in [0.05, 0.1) is 0 Å². The van der Waals surface area contributed by atoms with Gasteiger partial charge in [-0.3, -0.25) is 33.8 Å². The number of carbonyl (C=O) groups is 5. The quantitative estimate of drug-likeness (QED) is 0.193. The molecular weight excluding hydrogens is 581 g/mol. The molecule has 238 valence electrons. The minimum atomic E-state index is -4.73. The monoisotopic (exact) mass is 623 g/mol. The summed E-state index contributed by atoms with van der Waals surface area (Å²) in [6.45, 7) is 6.37. The van der Waals surface area contributed by atoms with Crippen LogP contribution in [0.15, 0.2) is 24.3 Å². The van der Waals surface area contributed by atoms with E-state index >= 15 is 0 Å². The topological polar surface area (TPSA) is 209 Å². The number of likely N-dealkylation sites (tertiary alicyclic amines) is 2. The molecule has 5 amide bonds. The molecule has 2 aliphatic heterocycles. The molecule has 1 aromatic rings. The van der Waals surface area contributed by atoms with Crippen LogP contribution in [0.25, 0.3) is 0 Å². The number of rotatable bonds is 13. The maximum atomic E-state index is 13.8. The number of nitrogens with one attached hydrogen (secondary N) is 2. The van der Waals surface area contributed by atoms with Gasteiger partial charge in [-0.1, -0.05) is 26.0 Å². The first kappa shape index (κ1) is 34.0. The first-order chi connectivity index (χ1) is 20.1. The van der Waals surface area contributed by atoms with Crippen molar-refractivity contribution in [1.29, 1.82) is 0 Å². The molecule has 0 radical (unpaired) electrons. The van der Waals surface area contributed by atoms with Crippen LogP contribution in [0.5, 0.6) is 5.75 Å². The lowest BCUT2D eigenvalue weighted by atomic mass is 10.00. The molecule has 14 nitrogen and oxygen atoms in total. The highest BCUT2D eigenvalue weighted by molar-refractivity contribution is 7.46. The fourth-order valence-corrected chi connectivity index (χ4v) is 6.06. The van der Waals surface area contributed by atoms with E-state index in [1.54, 1.807) is 4.90 Å². The number of phosphoric acid groups is 1. The number of carbonyl (C=O) groups excluding carboxylic acids is 5. The number of phosphoric ester groups is 1. The number of amides is 5. The highest BCUT2D eigenvalue weighted by Crippen LogP contribution is 2.37. The van der Waals surface area contributed by atoms with Gasteiger partial charge in [0.2, 0.25) is 29.5 Å². The van der Waals surface area contributed by atoms with Crippen molar-refractivity contribution < 1.29 is 42.8 Å². The smallest absolute Gasteiger partial charge is 0.404 e. The lowest BCUT2D eigenvalue weighted by Gasteiger charge is -2.32. The van der Waals surface area contributed by atoms with Gasteiger partial charge >= 0.3 is 7.82 Å². The van der Waals surface area contributed by atoms with E-state index in [2.05, 4.69) is 15.2 Å². The fraction of sp³-hybridized carbons (Fsp3) is 0.607. The largest absolute Gasteiger partial charge is 0.524 e. The first-order valence-electron chi connectivity index (χ1n) is 14.4. The van der Waals surface area contributed by atoms with Gasteiger partial charge in [0, 0.05) is 39.4 Å². The van der Waals surface area contributed by atoms with E-state index in [0.717, 1.165) is 0 Å². The Kier molecular flexibility index (Phi) is 11.7. The van der Waals surface area contributed by atoms with Crippen molar-refractivity contribution >= 4 is 37.4 Å². The summed E-state index contributed by atoms with van der Waals surface area (Å²) < 4.78 is 15.6. The lowest BCUT2D eigenvalue weighted by Crippen LogP contribution is -2.57. The Labute approximate surface area is 250 Å². The van der Waals surface area contributed by atoms with E-state index in [-0.39, 0.29) is 42.2 Å². The molecule has 6 N–H and O–H groups in total. The predicted octanol–water partition coefficient (Wildman–Crippen LogP) is 0.451. The van der Waals surface area contributed by atoms with Crippen LogP contribution in [-0.4, -0.2) is 86.9 Å². The Morgan fingerprint density at radius 3 is 2.30 bits per heavy atom. The molecule has 2 saturated heterocycles. The Morgan fingerprint density at radius 2 is 1.72 bits per heavy atom. The van der Waals surface area contributed by atoms with Crippen molar-refractivity contribution in [2.75, 3.05) is 19.6 Å². The van der Waals surface area contributed by atoms with E-state index in [0.29, 0.717) is 50.9 Å². The lowest BCUT2D eigenvalue weighted by molar-refractivity contribution is -0.145. The standard InChI is InChI=1S/C28H42N5O9P/c1-17(2)13-23(27(37)33-11-4-5-24(33)28(38)32-12-10-20(16-32)15-25(29)35)31-26(36)22(30-18(3)34)14-19-6-8-21(9-7-19)42-43(39,40)41/h6-9,17,20,22-24H,4-5,10-16H2,1-3H3,(H2,29,35)(H,30,34)(H,31,36)(H2,39,40,41)/t20?,22-,23-,24-/m0/s1. The Morgan fingerprint density at radius 1 is 1.05 bits per heavy atom. The summed E-state index contributed by atoms with van der Waals surface area (Å²) in [6, 6.07) is 3.06. The van der Waals surface area contributed by atoms with Crippen molar-refractivity contribution in [3.05, 3.63) is 29.8 Å². The van der Waals surface area contributed by atoms with Crippen LogP contribution in [0, 0.1) is 11.8 Å². The van der Waals surface area contributed by atoms with Gasteiger partial charge in [-0.2, -0.15) is 0 Å². The van der Waals surface area contributed by atoms with Gasteiger partial charge < -0.3 is 30.7 Å². The van der Waals surface area contributed by atoms with Crippen LogP contribution in [0.2, 0.25) is 0 Å². The summed E-state index contributed by atoms with van der Waals surface area (Å²) in [5, 5.41) is 5.41. The molecule has 0 saturated carbocycles. The molecule has 2 aliphatic rings. The number of hydrogen-bond acceptors (Lipinski definition) is 7. The normalized spacial score (nSPS) is 20.0. The van der Waals surface area contributed by atoms with Gasteiger partial charge in [0.15, 0.2) is 0 Å². The summed E-state index contributed by atoms with van der Waals surface area (Å²) in [5.41, 5.74) is 5.90. The third kappa shape index (κ3) is 10.3. The maximum absolute atomic E-state index is 13.8. The molecule has 1 aromatic carbocycles. The van der Waals surface area contributed by atoms with Crippen molar-refractivity contribution in [3.63, 3.8) is 0 Å². The molecule has 2 fully saturated rings. The molecule has 0 bridgehead atoms. The molecule has 0 aromatic heterocycles. The molecule has 0 spiro atoms. The summed E-state index contributed by atoms with van der Waals surface area (Å²) in [5.74, 6) is -2.03. The molecule has 43 heavy (non-hydrogen) atoms. The van der Waals surface area contributed by atoms with Crippen LogP contribution in [0.3, 0.4) is 0 Å². The van der Waals surface area contributed by atoms with Crippen molar-refractivity contribution in [2.45, 2.75) is 77.4 Å². The van der Waals surface area contributed by atoms with Crippen LogP contribution in [0.4, 0.5) is 0 Å². The molecule has 4 atom stereocenters. The van der Waals surface area contributed by atoms with E-state index in [4.69, 9.17) is 15.5 Å². The van der Waals surface area contributed by atoms with Gasteiger partial charge in [-0.15, -0.1) is 0 Å². The number of primary amides is 1. The van der Waals surface area contributed by atoms with Crippen molar-refractivity contribution in [1.82, 2.24) is 20.4 Å². The fourth-order valence-electron chi connectivity index (χ4n) is 5.66. The summed E-state index contributed by atoms with van der Waals surface area (Å²) in [7, 11) is -4.73. The number of benzene rings is 1. The maximum Gasteiger partial charge on any atom is 0.524 e. The van der Waals surface area contributed by atoms with Crippen LogP contribution < -0.4 is 20.9 Å². The average Bonchev–Trinajstić information content (AvgIpc) is 3.56. The molecule has 2 heterocycles. The van der Waals surface area contributed by atoms with Gasteiger partial charge in [-0.25, -0.2) is 4.57 Å². The van der Waals surface area contributed by atoms with Crippen molar-refractivity contribution in [3.8, 4) is 5.75 Å². The van der Waals surface area contributed by atoms with Crippen LogP contribution in [0.1, 0.15) is 58.4 Å². The average molecular weight is 624 g/mol. The zero-order chi connectivity index (χ0) is 31.9. The second-order valence-electron chi connectivity index (χ2n) is 11.7. The highest BCUT2D eigenvalue weighted by Gasteiger charge is 2.41. The van der Waals surface area contributed by atoms with Crippen LogP contribution in [-0.2, 0) is 35.0 Å². The second-order valence-corrected chi connectivity index (χ2v) is 12.8. The minimum Gasteiger partial charge on any atom is -0.404 e. The van der Waals surface area contributed by atoms with E-state index in [9.17, 15) is 28.5 Å². The molecular formula is C28H42N5O9P. The van der Waals surface area contributed by atoms with Crippen LogP contribution >= 0.6 is 7.82 Å². The summed E-state index contributed by atoms with van der Waals surface area (Å²) >= 11 is 0.